The fourth-order valence-corrected chi connectivity index (χ4v) is 4.59. The molecule has 0 saturated carbocycles. The van der Waals surface area contributed by atoms with Crippen LogP contribution in [0.15, 0.2) is 53.5 Å². The average Bonchev–Trinajstić information content (AvgIpc) is 3.16. The van der Waals surface area contributed by atoms with Crippen molar-refractivity contribution in [3.8, 4) is 0 Å². The van der Waals surface area contributed by atoms with E-state index in [2.05, 4.69) is 87.5 Å². The summed E-state index contributed by atoms with van der Waals surface area (Å²) in [6.45, 7) is 14.8. The summed E-state index contributed by atoms with van der Waals surface area (Å²) in [4.78, 5) is 24.3. The van der Waals surface area contributed by atoms with Gasteiger partial charge in [0, 0.05) is 34.1 Å². The Morgan fingerprint density at radius 3 is 2.14 bits per heavy atom. The average molecular weight is 718 g/mol. The van der Waals surface area contributed by atoms with Crippen molar-refractivity contribution < 1.29 is 48.0 Å². The minimum Gasteiger partial charge on any atom is -1.00 e. The van der Waals surface area contributed by atoms with E-state index in [0.29, 0.717) is 24.1 Å². The summed E-state index contributed by atoms with van der Waals surface area (Å²) in [5.74, 6) is -0.718. The van der Waals surface area contributed by atoms with Gasteiger partial charge < -0.3 is 33.8 Å². The molecule has 2 aromatic rings. The van der Waals surface area contributed by atoms with Gasteiger partial charge in [-0.15, -0.1) is 0 Å². The quantitative estimate of drug-likeness (QED) is 0.164. The molecule has 0 fully saturated rings. The maximum Gasteiger partial charge on any atom is 0.304 e. The second-order valence-corrected chi connectivity index (χ2v) is 10.6. The van der Waals surface area contributed by atoms with Crippen molar-refractivity contribution in [3.05, 3.63) is 59.7 Å². The number of carboxylic acids is 1. The number of aliphatic imine (C=N–C) groups is 1. The first-order valence-electron chi connectivity index (χ1n) is 11.7. The van der Waals surface area contributed by atoms with Crippen LogP contribution in [0.1, 0.15) is 59.1 Å². The van der Waals surface area contributed by atoms with Crippen LogP contribution in [-0.4, -0.2) is 51.1 Å². The van der Waals surface area contributed by atoms with Crippen molar-refractivity contribution in [1.82, 2.24) is 0 Å². The summed E-state index contributed by atoms with van der Waals surface area (Å²) >= 11 is 2.02. The van der Waals surface area contributed by atoms with Crippen LogP contribution in [0.25, 0.3) is 0 Å². The SMILES string of the molecule is CC1=Nc2ccccc2C1(C)C.CC1=[N+](CCOC=O)c2ccccc2C1(C)C.O=C(O)CCI.[I-]. The predicted octanol–water partition coefficient (Wildman–Crippen LogP) is 3.23. The van der Waals surface area contributed by atoms with E-state index in [1.807, 2.05) is 34.7 Å². The third kappa shape index (κ3) is 7.60. The van der Waals surface area contributed by atoms with Crippen LogP contribution >= 0.6 is 22.6 Å². The number of aliphatic carboxylic acids is 1. The van der Waals surface area contributed by atoms with Crippen molar-refractivity contribution in [2.24, 2.45) is 4.99 Å². The Bertz CT molecular complexity index is 1120. The zero-order valence-corrected chi connectivity index (χ0v) is 26.2. The first-order valence-corrected chi connectivity index (χ1v) is 13.2. The van der Waals surface area contributed by atoms with Gasteiger partial charge in [-0.3, -0.25) is 14.6 Å². The highest BCUT2D eigenvalue weighted by Crippen LogP contribution is 2.40. The number of fused-ring (bicyclic) bond motifs is 2. The number of hydrogen-bond acceptors (Lipinski definition) is 4. The number of alkyl halides is 1. The molecule has 6 nitrogen and oxygen atoms in total. The minimum atomic E-state index is -0.718. The van der Waals surface area contributed by atoms with Gasteiger partial charge in [-0.1, -0.05) is 72.8 Å². The molecule has 0 aromatic heterocycles. The lowest BCUT2D eigenvalue weighted by Crippen LogP contribution is -3.00. The van der Waals surface area contributed by atoms with Crippen molar-refractivity contribution in [1.29, 1.82) is 0 Å². The van der Waals surface area contributed by atoms with Gasteiger partial charge in [0.05, 0.1) is 17.5 Å². The Labute approximate surface area is 245 Å². The zero-order valence-electron chi connectivity index (χ0n) is 21.8. The largest absolute Gasteiger partial charge is 1.00 e. The van der Waals surface area contributed by atoms with Crippen molar-refractivity contribution >= 4 is 57.8 Å². The molecular formula is C28H36I2N2O4. The minimum absolute atomic E-state index is 0. The molecule has 0 spiro atoms. The molecule has 2 aliphatic rings. The van der Waals surface area contributed by atoms with Crippen LogP contribution < -0.4 is 24.0 Å². The number of carboxylic acid groups (broad SMARTS) is 1. The van der Waals surface area contributed by atoms with E-state index >= 15 is 0 Å². The molecule has 0 unspecified atom stereocenters. The summed E-state index contributed by atoms with van der Waals surface area (Å²) in [5.41, 5.74) is 7.75. The summed E-state index contributed by atoms with van der Waals surface area (Å²) in [5, 5.41) is 7.91. The van der Waals surface area contributed by atoms with E-state index in [9.17, 15) is 9.59 Å². The molecule has 36 heavy (non-hydrogen) atoms. The van der Waals surface area contributed by atoms with Crippen LogP contribution in [0.3, 0.4) is 0 Å². The van der Waals surface area contributed by atoms with Crippen LogP contribution in [0.4, 0.5) is 11.4 Å². The Morgan fingerprint density at radius 2 is 1.61 bits per heavy atom. The zero-order chi connectivity index (χ0) is 26.2. The monoisotopic (exact) mass is 718 g/mol. The van der Waals surface area contributed by atoms with E-state index in [-0.39, 0.29) is 41.2 Å². The molecule has 0 bridgehead atoms. The highest BCUT2D eigenvalue weighted by atomic mass is 127. The van der Waals surface area contributed by atoms with E-state index in [0.717, 1.165) is 5.69 Å². The Morgan fingerprint density at radius 1 is 1.03 bits per heavy atom. The van der Waals surface area contributed by atoms with Gasteiger partial charge >= 0.3 is 5.97 Å². The molecule has 0 amide bonds. The number of benzene rings is 2. The first kappa shape index (κ1) is 32.2. The Hall–Kier alpha value is -1.82. The Balaban J connectivity index is 0.000000298. The second kappa shape index (κ2) is 14.2. The van der Waals surface area contributed by atoms with Gasteiger partial charge in [-0.05, 0) is 32.4 Å². The van der Waals surface area contributed by atoms with Gasteiger partial charge in [0.15, 0.2) is 12.3 Å². The fraction of sp³-hybridized carbons (Fsp3) is 0.429. The normalized spacial score (nSPS) is 15.6. The summed E-state index contributed by atoms with van der Waals surface area (Å²) in [6.07, 6.45) is 0.278. The van der Waals surface area contributed by atoms with Gasteiger partial charge in [0.2, 0.25) is 5.69 Å². The van der Waals surface area contributed by atoms with Gasteiger partial charge in [-0.25, -0.2) is 0 Å². The van der Waals surface area contributed by atoms with Gasteiger partial charge in [-0.2, -0.15) is 4.58 Å². The Kier molecular flexibility index (Phi) is 12.7. The van der Waals surface area contributed by atoms with E-state index < -0.39 is 5.97 Å². The molecule has 0 atom stereocenters. The van der Waals surface area contributed by atoms with E-state index in [1.54, 1.807) is 0 Å². The lowest BCUT2D eigenvalue weighted by molar-refractivity contribution is -0.442. The fourth-order valence-electron chi connectivity index (χ4n) is 4.13. The molecule has 0 aliphatic carbocycles. The van der Waals surface area contributed by atoms with Crippen LogP contribution in [0.5, 0.6) is 0 Å². The number of carbonyl (C=O) groups excluding carboxylic acids is 1. The number of carbonyl (C=O) groups is 2. The van der Waals surface area contributed by atoms with E-state index in [1.165, 1.54) is 28.2 Å². The molecule has 2 heterocycles. The maximum absolute atomic E-state index is 10.2. The smallest absolute Gasteiger partial charge is 0.304 e. The number of para-hydroxylation sites is 2. The van der Waals surface area contributed by atoms with E-state index in [4.69, 9.17) is 9.84 Å². The van der Waals surface area contributed by atoms with Crippen molar-refractivity contribution in [3.63, 3.8) is 0 Å². The lowest BCUT2D eigenvalue weighted by atomic mass is 9.82. The topological polar surface area (TPSA) is 79.0 Å². The number of hydrogen-bond donors (Lipinski definition) is 1. The second-order valence-electron chi connectivity index (χ2n) is 9.52. The number of halogens is 2. The molecule has 196 valence electrons. The van der Waals surface area contributed by atoms with Gasteiger partial charge in [0.1, 0.15) is 6.61 Å². The van der Waals surface area contributed by atoms with Gasteiger partial charge in [0.25, 0.3) is 6.47 Å². The number of nitrogens with zero attached hydrogens (tertiary/aromatic N) is 2. The first-order chi connectivity index (χ1) is 16.5. The molecule has 0 saturated heterocycles. The van der Waals surface area contributed by atoms with Crippen molar-refractivity contribution in [2.45, 2.75) is 58.8 Å². The standard InChI is InChI=1S/C14H18NO2.C11H13N.C3H5IO2.HI/c1-11-14(2,3)12-6-4-5-7-13(12)15(11)8-9-17-10-16;1-8-11(2,3)9-6-4-5-7-10(9)12-8;4-2-1-3(5)6;/h4-7,10H,8-9H2,1-3H3;4-7H,1-3H3;1-2H2,(H,5,6);1H/q+1;;;/p-1. The molecule has 2 aromatic carbocycles. The molecule has 0 radical (unpaired) electrons. The summed E-state index contributed by atoms with van der Waals surface area (Å²) in [7, 11) is 0. The van der Waals surface area contributed by atoms with Crippen LogP contribution in [-0.2, 0) is 25.2 Å². The van der Waals surface area contributed by atoms with Crippen LogP contribution in [0, 0.1) is 0 Å². The highest BCUT2D eigenvalue weighted by Gasteiger charge is 2.42. The summed E-state index contributed by atoms with van der Waals surface area (Å²) in [6, 6.07) is 16.8. The summed E-state index contributed by atoms with van der Waals surface area (Å²) < 4.78 is 7.73. The third-order valence-electron chi connectivity index (χ3n) is 6.76. The highest BCUT2D eigenvalue weighted by molar-refractivity contribution is 14.1. The molecule has 2 aliphatic heterocycles. The van der Waals surface area contributed by atoms with Crippen LogP contribution in [0.2, 0.25) is 0 Å². The lowest BCUT2D eigenvalue weighted by Gasteiger charge is -2.19. The molecular weight excluding hydrogens is 682 g/mol. The molecule has 8 heteroatoms. The number of rotatable bonds is 6. The number of ether oxygens (including phenoxy) is 1. The molecule has 1 N–H and O–H groups in total. The predicted molar refractivity (Wildman–Crippen MR) is 150 cm³/mol. The van der Waals surface area contributed by atoms with Crippen molar-refractivity contribution in [2.75, 3.05) is 17.6 Å². The molecule has 4 rings (SSSR count). The maximum atomic E-state index is 10.2. The third-order valence-corrected chi connectivity index (χ3v) is 7.30.